The predicted octanol–water partition coefficient (Wildman–Crippen LogP) is 5.80. The Kier molecular flexibility index (Phi) is 5.28. The Bertz CT molecular complexity index is 1040. The first-order valence-corrected chi connectivity index (χ1v) is 9.90. The highest BCUT2D eigenvalue weighted by atomic mass is 35.5. The number of thiophene rings is 1. The van der Waals surface area contributed by atoms with E-state index >= 15 is 0 Å². The van der Waals surface area contributed by atoms with Crippen LogP contribution >= 0.6 is 22.9 Å². The summed E-state index contributed by atoms with van der Waals surface area (Å²) in [5.41, 5.74) is 2.75. The molecule has 140 valence electrons. The Morgan fingerprint density at radius 3 is 2.68 bits per heavy atom. The number of hydrogen-bond donors (Lipinski definition) is 0. The molecule has 4 rings (SSSR count). The molecule has 2 aromatic carbocycles. The number of hydrogen-bond acceptors (Lipinski definition) is 4. The zero-order chi connectivity index (χ0) is 19.5. The van der Waals surface area contributed by atoms with Crippen LogP contribution in [-0.2, 0) is 9.53 Å². The van der Waals surface area contributed by atoms with Crippen molar-refractivity contribution in [3.63, 3.8) is 0 Å². The number of halogens is 1. The maximum atomic E-state index is 12.7. The molecule has 1 fully saturated rings. The van der Waals surface area contributed by atoms with Crippen molar-refractivity contribution >= 4 is 41.0 Å². The standard InChI is InChI=1S/C22H16ClNO3S/c23-20-11-10-19(28-20)17-8-4-5-15(13-17)9-12-21(25)24-18(14-27-22(24)26)16-6-2-1-3-7-16/h1-13,18H,14H2. The van der Waals surface area contributed by atoms with Gasteiger partial charge >= 0.3 is 6.09 Å². The molecule has 6 heteroatoms. The van der Waals surface area contributed by atoms with E-state index in [2.05, 4.69) is 0 Å². The number of carbonyl (C=O) groups is 2. The Morgan fingerprint density at radius 1 is 1.11 bits per heavy atom. The van der Waals surface area contributed by atoms with Crippen molar-refractivity contribution in [2.45, 2.75) is 6.04 Å². The highest BCUT2D eigenvalue weighted by Crippen LogP contribution is 2.32. The minimum Gasteiger partial charge on any atom is -0.446 e. The third-order valence-corrected chi connectivity index (χ3v) is 5.74. The van der Waals surface area contributed by atoms with Crippen LogP contribution in [0.2, 0.25) is 4.34 Å². The Morgan fingerprint density at radius 2 is 1.93 bits per heavy atom. The second-order valence-corrected chi connectivity index (χ2v) is 7.99. The molecule has 1 aromatic heterocycles. The molecule has 4 nitrogen and oxygen atoms in total. The number of cyclic esters (lactones) is 1. The number of carbonyl (C=O) groups excluding carboxylic acids is 2. The molecule has 2 heterocycles. The van der Waals surface area contributed by atoms with E-state index in [9.17, 15) is 9.59 Å². The average Bonchev–Trinajstić information content (AvgIpc) is 3.33. The topological polar surface area (TPSA) is 46.6 Å². The van der Waals surface area contributed by atoms with E-state index in [-0.39, 0.29) is 6.61 Å². The van der Waals surface area contributed by atoms with Crippen molar-refractivity contribution < 1.29 is 14.3 Å². The second-order valence-electron chi connectivity index (χ2n) is 6.27. The first-order valence-electron chi connectivity index (χ1n) is 8.70. The molecule has 0 radical (unpaired) electrons. The molecule has 2 amide bonds. The van der Waals surface area contributed by atoms with Crippen LogP contribution < -0.4 is 0 Å². The molecule has 0 aliphatic carbocycles. The number of nitrogens with zero attached hydrogens (tertiary/aromatic N) is 1. The van der Waals surface area contributed by atoms with Crippen LogP contribution in [0.3, 0.4) is 0 Å². The molecule has 0 spiro atoms. The maximum absolute atomic E-state index is 12.7. The van der Waals surface area contributed by atoms with Crippen LogP contribution in [0.1, 0.15) is 17.2 Å². The zero-order valence-electron chi connectivity index (χ0n) is 14.7. The van der Waals surface area contributed by atoms with Gasteiger partial charge < -0.3 is 4.74 Å². The fourth-order valence-corrected chi connectivity index (χ4v) is 4.14. The predicted molar refractivity (Wildman–Crippen MR) is 111 cm³/mol. The summed E-state index contributed by atoms with van der Waals surface area (Å²) in [6, 6.07) is 20.6. The summed E-state index contributed by atoms with van der Waals surface area (Å²) >= 11 is 7.51. The van der Waals surface area contributed by atoms with Crippen LogP contribution in [0.15, 0.2) is 72.8 Å². The molecule has 1 saturated heterocycles. The number of ether oxygens (including phenoxy) is 1. The largest absolute Gasteiger partial charge is 0.446 e. The van der Waals surface area contributed by atoms with Gasteiger partial charge in [-0.05, 0) is 41.0 Å². The lowest BCUT2D eigenvalue weighted by Gasteiger charge is -2.18. The van der Waals surface area contributed by atoms with E-state index in [0.717, 1.165) is 30.8 Å². The van der Waals surface area contributed by atoms with Gasteiger partial charge in [-0.2, -0.15) is 0 Å². The number of imide groups is 1. The SMILES string of the molecule is O=C(C=Cc1cccc(-c2ccc(Cl)s2)c1)N1C(=O)OCC1c1ccccc1. The summed E-state index contributed by atoms with van der Waals surface area (Å²) in [5.74, 6) is -0.402. The molecule has 28 heavy (non-hydrogen) atoms. The van der Waals surface area contributed by atoms with Gasteiger partial charge in [0.25, 0.3) is 5.91 Å². The van der Waals surface area contributed by atoms with E-state index in [1.807, 2.05) is 66.7 Å². The highest BCUT2D eigenvalue weighted by molar-refractivity contribution is 7.19. The van der Waals surface area contributed by atoms with Crippen LogP contribution in [-0.4, -0.2) is 23.5 Å². The quantitative estimate of drug-likeness (QED) is 0.511. The molecule has 0 bridgehead atoms. The molecule has 1 aliphatic heterocycles. The maximum Gasteiger partial charge on any atom is 0.417 e. The number of benzene rings is 2. The van der Waals surface area contributed by atoms with Crippen molar-refractivity contribution in [1.82, 2.24) is 4.90 Å². The van der Waals surface area contributed by atoms with Gasteiger partial charge in [-0.15, -0.1) is 11.3 Å². The molecule has 1 aliphatic rings. The average molecular weight is 410 g/mol. The summed E-state index contributed by atoms with van der Waals surface area (Å²) in [6.07, 6.45) is 2.49. The Labute approximate surface area is 171 Å². The molecule has 1 atom stereocenters. The van der Waals surface area contributed by atoms with Crippen LogP contribution in [0.25, 0.3) is 16.5 Å². The molecular formula is C22H16ClNO3S. The number of rotatable bonds is 4. The molecule has 1 unspecified atom stereocenters. The monoisotopic (exact) mass is 409 g/mol. The van der Waals surface area contributed by atoms with Crippen molar-refractivity contribution in [2.24, 2.45) is 0 Å². The van der Waals surface area contributed by atoms with E-state index in [0.29, 0.717) is 0 Å². The fraction of sp³-hybridized carbons (Fsp3) is 0.0909. The first kappa shape index (κ1) is 18.5. The smallest absolute Gasteiger partial charge is 0.417 e. The summed E-state index contributed by atoms with van der Waals surface area (Å²) in [6.45, 7) is 0.164. The molecule has 0 N–H and O–H groups in total. The van der Waals surface area contributed by atoms with Crippen LogP contribution in [0.4, 0.5) is 4.79 Å². The van der Waals surface area contributed by atoms with Gasteiger partial charge in [-0.1, -0.05) is 60.1 Å². The van der Waals surface area contributed by atoms with Gasteiger partial charge in [-0.3, -0.25) is 4.79 Å². The van der Waals surface area contributed by atoms with E-state index in [4.69, 9.17) is 16.3 Å². The van der Waals surface area contributed by atoms with Crippen molar-refractivity contribution in [3.8, 4) is 10.4 Å². The molecule has 0 saturated carbocycles. The fourth-order valence-electron chi connectivity index (χ4n) is 3.10. The van der Waals surface area contributed by atoms with Crippen molar-refractivity contribution in [1.29, 1.82) is 0 Å². The van der Waals surface area contributed by atoms with Gasteiger partial charge in [0.15, 0.2) is 0 Å². The molecule has 3 aromatic rings. The summed E-state index contributed by atoms with van der Waals surface area (Å²) < 4.78 is 5.83. The zero-order valence-corrected chi connectivity index (χ0v) is 16.3. The highest BCUT2D eigenvalue weighted by Gasteiger charge is 2.37. The Balaban J connectivity index is 1.54. The van der Waals surface area contributed by atoms with E-state index < -0.39 is 18.0 Å². The normalized spacial score (nSPS) is 16.5. The van der Waals surface area contributed by atoms with E-state index in [1.54, 1.807) is 6.08 Å². The summed E-state index contributed by atoms with van der Waals surface area (Å²) in [7, 11) is 0. The lowest BCUT2D eigenvalue weighted by Crippen LogP contribution is -2.32. The van der Waals surface area contributed by atoms with Gasteiger partial charge in [-0.25, -0.2) is 9.69 Å². The third-order valence-electron chi connectivity index (χ3n) is 4.46. The number of amides is 2. The van der Waals surface area contributed by atoms with Crippen LogP contribution in [0, 0.1) is 0 Å². The van der Waals surface area contributed by atoms with Crippen molar-refractivity contribution in [2.75, 3.05) is 6.61 Å². The van der Waals surface area contributed by atoms with Gasteiger partial charge in [0, 0.05) is 11.0 Å². The lowest BCUT2D eigenvalue weighted by atomic mass is 10.1. The lowest BCUT2D eigenvalue weighted by molar-refractivity contribution is -0.124. The summed E-state index contributed by atoms with van der Waals surface area (Å²) in [4.78, 5) is 27.0. The van der Waals surface area contributed by atoms with Gasteiger partial charge in [0.2, 0.25) is 0 Å². The minimum atomic E-state index is -0.620. The van der Waals surface area contributed by atoms with Crippen molar-refractivity contribution in [3.05, 3.63) is 88.3 Å². The summed E-state index contributed by atoms with van der Waals surface area (Å²) in [5, 5.41) is 0. The second kappa shape index (κ2) is 8.00. The molecular weight excluding hydrogens is 394 g/mol. The third kappa shape index (κ3) is 3.86. The van der Waals surface area contributed by atoms with Gasteiger partial charge in [0.1, 0.15) is 12.6 Å². The minimum absolute atomic E-state index is 0.164. The first-order chi connectivity index (χ1) is 13.6. The van der Waals surface area contributed by atoms with Gasteiger partial charge in [0.05, 0.1) is 4.34 Å². The van der Waals surface area contributed by atoms with Crippen LogP contribution in [0.5, 0.6) is 0 Å². The van der Waals surface area contributed by atoms with E-state index in [1.165, 1.54) is 17.4 Å². The Hall–Kier alpha value is -2.89.